The zero-order chi connectivity index (χ0) is 56.4. The van der Waals surface area contributed by atoms with Gasteiger partial charge >= 0.3 is 13.1 Å². The van der Waals surface area contributed by atoms with E-state index in [9.17, 15) is 47.1 Å². The minimum absolute atomic E-state index is 0.0170. The summed E-state index contributed by atoms with van der Waals surface area (Å²) in [6.45, 7) is 0.205. The molecule has 1 fully saturated rings. The number of hydrogen-bond donors (Lipinski definition) is 3. The number of fused-ring (bicyclic) bond motifs is 2. The summed E-state index contributed by atoms with van der Waals surface area (Å²) >= 11 is 0. The van der Waals surface area contributed by atoms with Crippen molar-refractivity contribution in [3.63, 3.8) is 0 Å². The number of rotatable bonds is 28. The van der Waals surface area contributed by atoms with E-state index >= 15 is 8.63 Å². The van der Waals surface area contributed by atoms with E-state index in [1.165, 1.54) is 20.1 Å². The van der Waals surface area contributed by atoms with Gasteiger partial charge in [0.15, 0.2) is 22.9 Å². The number of halogens is 2. The van der Waals surface area contributed by atoms with Crippen molar-refractivity contribution < 1.29 is 78.5 Å². The van der Waals surface area contributed by atoms with Crippen molar-refractivity contribution in [2.24, 2.45) is 0 Å². The standard InChI is InChI=1S/C51H67BF2N8O14S/c1-34-29-38(58-41(34)32-43-37(17-12-14-28-77(70,71)72)30-42(59(43)52(58,53)54)36-15-9-8-10-16-36)19-20-47(63)56-40(18-11-13-26-62(4,5)6)50(66)55-23-24-57(3)25-27-74-46-33-44(61(68)69)39(31-45(46)73-7)35(2)75-51(67)76-60-48(64)21-22-49(60)65/h8-10,15-16,29-33,35,40H,11-14,17-28H2,1-7H3,(H2-,55,56,63,66,70,71,72)/p+1. The van der Waals surface area contributed by atoms with E-state index in [0.29, 0.717) is 70.7 Å². The number of quaternary nitrogens is 1. The monoisotopic (exact) mass is 1100 g/mol. The number of nitrogens with zero attached hydrogens (tertiary/aromatic N) is 6. The molecule has 3 N–H and O–H groups in total. The average molecular weight is 1100 g/mol. The van der Waals surface area contributed by atoms with Crippen molar-refractivity contribution in [3.8, 4) is 11.5 Å². The summed E-state index contributed by atoms with van der Waals surface area (Å²) in [5.41, 5.74) is 2.31. The molecule has 22 nitrogen and oxygen atoms in total. The highest BCUT2D eigenvalue weighted by Gasteiger charge is 2.54. The predicted octanol–water partition coefficient (Wildman–Crippen LogP) is 5.49. The molecule has 1 saturated heterocycles. The summed E-state index contributed by atoms with van der Waals surface area (Å²) in [7, 11) is 5.06. The minimum Gasteiger partial charge on any atom is -0.493 e. The molecule has 6 rings (SSSR count). The molecule has 0 saturated carbocycles. The van der Waals surface area contributed by atoms with Crippen LogP contribution in [0.4, 0.5) is 19.1 Å². The van der Waals surface area contributed by atoms with Gasteiger partial charge in [0.05, 0.1) is 57.1 Å². The summed E-state index contributed by atoms with van der Waals surface area (Å²) in [6, 6.07) is 11.9. The van der Waals surface area contributed by atoms with Gasteiger partial charge < -0.3 is 51.8 Å². The third kappa shape index (κ3) is 15.6. The summed E-state index contributed by atoms with van der Waals surface area (Å²) in [4.78, 5) is 81.5. The Kier molecular flexibility index (Phi) is 19.6. The number of hydrogen-bond acceptors (Lipinski definition) is 14. The molecule has 77 heavy (non-hydrogen) atoms. The number of aromatic nitrogens is 1. The highest BCUT2D eigenvalue weighted by molar-refractivity contribution is 7.85. The Morgan fingerprint density at radius 2 is 1.69 bits per heavy atom. The number of allylic oxidation sites excluding steroid dienone is 2. The van der Waals surface area contributed by atoms with Gasteiger partial charge in [0.2, 0.25) is 11.8 Å². The smallest absolute Gasteiger partial charge is 0.493 e. The van der Waals surface area contributed by atoms with Crippen molar-refractivity contribution in [1.82, 2.24) is 25.1 Å². The lowest BCUT2D eigenvalue weighted by Gasteiger charge is -2.32. The maximum atomic E-state index is 17.2. The molecule has 1 aromatic heterocycles. The van der Waals surface area contributed by atoms with Crippen LogP contribution in [0.1, 0.15) is 98.9 Å². The van der Waals surface area contributed by atoms with Crippen LogP contribution in [0.3, 0.4) is 0 Å². The molecule has 3 aliphatic heterocycles. The van der Waals surface area contributed by atoms with Crippen LogP contribution < -0.4 is 20.1 Å². The van der Waals surface area contributed by atoms with Gasteiger partial charge in [0.1, 0.15) is 18.8 Å². The number of imide groups is 1. The summed E-state index contributed by atoms with van der Waals surface area (Å²) < 4.78 is 85.6. The lowest BCUT2D eigenvalue weighted by Crippen LogP contribution is -2.51. The Morgan fingerprint density at radius 3 is 2.34 bits per heavy atom. The number of likely N-dealkylation sites (N-methyl/N-ethyl adjacent to an activating group) is 1. The van der Waals surface area contributed by atoms with E-state index in [0.717, 1.165) is 28.0 Å². The molecule has 2 unspecified atom stereocenters. The van der Waals surface area contributed by atoms with E-state index in [1.54, 1.807) is 62.5 Å². The summed E-state index contributed by atoms with van der Waals surface area (Å²) in [5, 5.41) is 18.2. The first-order valence-corrected chi connectivity index (χ1v) is 27.0. The average Bonchev–Trinajstić information content (AvgIpc) is 4.15. The second-order valence-electron chi connectivity index (χ2n) is 20.3. The number of hydroxylamine groups is 2. The number of aryl methyl sites for hydroxylation is 2. The number of ether oxygens (including phenoxy) is 3. The molecule has 0 bridgehead atoms. The first-order chi connectivity index (χ1) is 36.3. The second kappa shape index (κ2) is 25.4. The highest BCUT2D eigenvalue weighted by Crippen LogP contribution is 2.41. The maximum absolute atomic E-state index is 17.2. The van der Waals surface area contributed by atoms with Crippen LogP contribution in [0.15, 0.2) is 65.9 Å². The van der Waals surface area contributed by atoms with Crippen molar-refractivity contribution in [2.45, 2.75) is 90.2 Å². The van der Waals surface area contributed by atoms with Crippen LogP contribution in [-0.4, -0.2) is 164 Å². The van der Waals surface area contributed by atoms with Crippen LogP contribution in [-0.2, 0) is 45.3 Å². The molecule has 26 heteroatoms. The molecular weight excluding hydrogens is 1030 g/mol. The number of nitro benzene ring substituents is 1. The van der Waals surface area contributed by atoms with Crippen LogP contribution >= 0.6 is 0 Å². The van der Waals surface area contributed by atoms with E-state index in [-0.39, 0.29) is 79.4 Å². The van der Waals surface area contributed by atoms with E-state index < -0.39 is 75.4 Å². The predicted molar refractivity (Wildman–Crippen MR) is 279 cm³/mol. The highest BCUT2D eigenvalue weighted by atomic mass is 32.2. The van der Waals surface area contributed by atoms with E-state index in [4.69, 9.17) is 19.0 Å². The number of benzene rings is 2. The Hall–Kier alpha value is -7.03. The lowest BCUT2D eigenvalue weighted by molar-refractivity contribution is -0.870. The molecular formula is C51H68BF2N8O14S+. The number of carbonyl (C=O) groups is 5. The number of carbonyl (C=O) groups excluding carboxylic acids is 5. The lowest BCUT2D eigenvalue weighted by atomic mass is 9.88. The Bertz CT molecular complexity index is 2930. The van der Waals surface area contributed by atoms with Gasteiger partial charge in [-0.3, -0.25) is 38.7 Å². The topological polar surface area (TPSA) is 258 Å². The van der Waals surface area contributed by atoms with Crippen LogP contribution in [0.2, 0.25) is 0 Å². The molecule has 3 aliphatic rings. The van der Waals surface area contributed by atoms with Crippen LogP contribution in [0, 0.1) is 17.0 Å². The van der Waals surface area contributed by atoms with Gasteiger partial charge in [-0.1, -0.05) is 23.3 Å². The zero-order valence-corrected chi connectivity index (χ0v) is 45.2. The number of methoxy groups -OCH3 is 1. The fourth-order valence-corrected chi connectivity index (χ4v) is 9.93. The molecule has 2 atom stereocenters. The third-order valence-corrected chi connectivity index (χ3v) is 14.1. The van der Waals surface area contributed by atoms with Gasteiger partial charge in [-0.2, -0.15) is 8.42 Å². The Balaban J connectivity index is 1.06. The van der Waals surface area contributed by atoms with Gasteiger partial charge in [0.25, 0.3) is 27.6 Å². The second-order valence-corrected chi connectivity index (χ2v) is 21.9. The number of nitro groups is 1. The van der Waals surface area contributed by atoms with Crippen LogP contribution in [0.25, 0.3) is 6.08 Å². The Morgan fingerprint density at radius 1 is 0.987 bits per heavy atom. The van der Waals surface area contributed by atoms with Crippen molar-refractivity contribution in [3.05, 3.63) is 104 Å². The number of nitrogens with one attached hydrogen (secondary N) is 2. The fourth-order valence-electron chi connectivity index (χ4n) is 9.36. The first-order valence-electron chi connectivity index (χ1n) is 25.4. The van der Waals surface area contributed by atoms with Gasteiger partial charge in [-0.15, -0.1) is 0 Å². The normalized spacial score (nSPS) is 15.9. The molecule has 2 aromatic carbocycles. The number of unbranched alkanes of at least 4 members (excludes halogenated alkanes) is 2. The maximum Gasteiger partial charge on any atom is 0.737 e. The fraction of sp³-hybridized carbons (Fsp3) is 0.490. The SMILES string of the molecule is COc1cc(C(C)OC(=O)ON2C(=O)CCC2=O)c([N+](=O)[O-])cc1OCCN(C)CCNC(=O)C(CCCC[N+](C)(C)C)NC(=O)CCc1cc(C)c2n1[B-](F)(F)[N+]1=C(c3ccccc3)C=C(CCCCS(=O)(=O)O)C1=C2. The minimum atomic E-state index is -4.51. The van der Waals surface area contributed by atoms with Gasteiger partial charge in [0, 0.05) is 67.9 Å². The first kappa shape index (κ1) is 59.2. The van der Waals surface area contributed by atoms with E-state index in [2.05, 4.69) is 31.8 Å². The molecule has 0 aliphatic carbocycles. The summed E-state index contributed by atoms with van der Waals surface area (Å²) in [6.07, 6.45) is 2.71. The third-order valence-electron chi connectivity index (χ3n) is 13.3. The van der Waals surface area contributed by atoms with Gasteiger partial charge in [-0.05, 0) is 101 Å². The molecule has 418 valence electrons. The molecule has 4 amide bonds. The van der Waals surface area contributed by atoms with Crippen molar-refractivity contribution in [1.29, 1.82) is 0 Å². The molecule has 3 aromatic rings. The van der Waals surface area contributed by atoms with E-state index in [1.807, 2.05) is 4.90 Å². The van der Waals surface area contributed by atoms with Crippen molar-refractivity contribution >= 4 is 64.3 Å². The number of amides is 4. The van der Waals surface area contributed by atoms with Gasteiger partial charge in [-0.25, -0.2) is 4.79 Å². The summed E-state index contributed by atoms with van der Waals surface area (Å²) in [5.74, 6) is -2.71. The molecule has 4 heterocycles. The van der Waals surface area contributed by atoms with Crippen LogP contribution in [0.5, 0.6) is 11.5 Å². The molecule has 0 radical (unpaired) electrons. The quantitative estimate of drug-likeness (QED) is 0.0119. The Labute approximate surface area is 446 Å². The van der Waals surface area contributed by atoms with Crippen molar-refractivity contribution in [2.75, 3.05) is 73.8 Å². The zero-order valence-electron chi connectivity index (χ0n) is 44.4. The largest absolute Gasteiger partial charge is 0.737 e. The molecule has 0 spiro atoms.